The molecule has 134 valence electrons. The molecule has 0 bridgehead atoms. The van der Waals surface area contributed by atoms with Gasteiger partial charge in [0.05, 0.1) is 12.7 Å². The Hall–Kier alpha value is 0.395. The molecule has 16 heteroatoms. The van der Waals surface area contributed by atoms with E-state index in [1.807, 2.05) is 7.85 Å². The number of phosphoric acid groups is 3. The number of ether oxygens (including phenoxy) is 2. The van der Waals surface area contributed by atoms with Crippen LogP contribution >= 0.6 is 23.5 Å². The van der Waals surface area contributed by atoms with E-state index in [1.165, 1.54) is 0 Å². The maximum Gasteiger partial charge on any atom is 0.490 e. The number of phosphoric ester groups is 1. The Morgan fingerprint density at radius 3 is 2.35 bits per heavy atom. The summed E-state index contributed by atoms with van der Waals surface area (Å²) in [6.07, 6.45) is -0.239. The average molecular weight is 396 g/mol. The molecule has 0 saturated carbocycles. The summed E-state index contributed by atoms with van der Waals surface area (Å²) in [7, 11) is -14.2. The predicted octanol–water partition coefficient (Wildman–Crippen LogP) is -0.907. The SMILES string of the molecule is BC1OC(COP(=O)(O)OP(=O)(O)OP(=O)(O)O)C2OCCC12. The molecule has 2 aliphatic rings. The van der Waals surface area contributed by atoms with Crippen LogP contribution in [0.2, 0.25) is 0 Å². The Labute approximate surface area is 131 Å². The Balaban J connectivity index is 1.90. The lowest BCUT2D eigenvalue weighted by Crippen LogP contribution is -2.28. The van der Waals surface area contributed by atoms with E-state index < -0.39 is 36.2 Å². The highest BCUT2D eigenvalue weighted by molar-refractivity contribution is 7.66. The van der Waals surface area contributed by atoms with Crippen LogP contribution in [-0.2, 0) is 36.3 Å². The van der Waals surface area contributed by atoms with Crippen LogP contribution in [0.4, 0.5) is 0 Å². The smallest absolute Gasteiger partial charge is 0.378 e. The summed E-state index contributed by atoms with van der Waals surface area (Å²) in [4.78, 5) is 35.2. The van der Waals surface area contributed by atoms with Gasteiger partial charge in [-0.25, -0.2) is 13.7 Å². The number of hydrogen-bond acceptors (Lipinski definition) is 8. The molecular formula is C7H16BO12P3. The monoisotopic (exact) mass is 396 g/mol. The lowest BCUT2D eigenvalue weighted by Gasteiger charge is -2.20. The molecule has 0 aliphatic carbocycles. The van der Waals surface area contributed by atoms with Gasteiger partial charge in [0, 0.05) is 18.5 Å². The van der Waals surface area contributed by atoms with E-state index in [0.29, 0.717) is 6.61 Å². The fraction of sp³-hybridized carbons (Fsp3) is 1.00. The largest absolute Gasteiger partial charge is 0.490 e. The van der Waals surface area contributed by atoms with Gasteiger partial charge in [0.15, 0.2) is 0 Å². The molecule has 0 radical (unpaired) electrons. The fourth-order valence-electron chi connectivity index (χ4n) is 2.57. The molecule has 2 rings (SSSR count). The van der Waals surface area contributed by atoms with Crippen LogP contribution < -0.4 is 0 Å². The minimum atomic E-state index is -5.50. The van der Waals surface area contributed by atoms with E-state index in [-0.39, 0.29) is 18.0 Å². The second kappa shape index (κ2) is 6.95. The zero-order valence-electron chi connectivity index (χ0n) is 11.8. The van der Waals surface area contributed by atoms with Crippen molar-refractivity contribution >= 4 is 31.3 Å². The lowest BCUT2D eigenvalue weighted by molar-refractivity contribution is -0.0268. The van der Waals surface area contributed by atoms with Crippen molar-refractivity contribution in [2.75, 3.05) is 13.2 Å². The molecule has 6 atom stereocenters. The van der Waals surface area contributed by atoms with E-state index in [0.717, 1.165) is 6.42 Å². The van der Waals surface area contributed by atoms with Gasteiger partial charge in [0.25, 0.3) is 0 Å². The minimum Gasteiger partial charge on any atom is -0.378 e. The van der Waals surface area contributed by atoms with Crippen LogP contribution in [0.15, 0.2) is 0 Å². The highest BCUT2D eigenvalue weighted by atomic mass is 31.3. The Morgan fingerprint density at radius 2 is 1.74 bits per heavy atom. The molecule has 6 unspecified atom stereocenters. The molecule has 0 aromatic carbocycles. The number of fused-ring (bicyclic) bond motifs is 1. The van der Waals surface area contributed by atoms with Crippen LogP contribution in [0.5, 0.6) is 0 Å². The van der Waals surface area contributed by atoms with E-state index in [9.17, 15) is 18.6 Å². The van der Waals surface area contributed by atoms with Crippen molar-refractivity contribution in [3.8, 4) is 0 Å². The first-order valence-corrected chi connectivity index (χ1v) is 11.0. The van der Waals surface area contributed by atoms with Gasteiger partial charge in [-0.2, -0.15) is 8.62 Å². The minimum absolute atomic E-state index is 0.115. The quantitative estimate of drug-likeness (QED) is 0.308. The summed E-state index contributed by atoms with van der Waals surface area (Å²) >= 11 is 0. The van der Waals surface area contributed by atoms with Crippen molar-refractivity contribution in [1.82, 2.24) is 0 Å². The topological polar surface area (TPSA) is 178 Å². The summed E-state index contributed by atoms with van der Waals surface area (Å²) < 4.78 is 56.0. The van der Waals surface area contributed by atoms with Crippen LogP contribution in [0.25, 0.3) is 0 Å². The first-order chi connectivity index (χ1) is 10.4. The molecular weight excluding hydrogens is 380 g/mol. The van der Waals surface area contributed by atoms with Gasteiger partial charge in [-0.1, -0.05) is 0 Å². The number of rotatable bonds is 7. The third-order valence-corrected chi connectivity index (χ3v) is 7.16. The Kier molecular flexibility index (Phi) is 5.96. The first kappa shape index (κ1) is 19.7. The van der Waals surface area contributed by atoms with Crippen LogP contribution in [0.3, 0.4) is 0 Å². The third kappa shape index (κ3) is 5.71. The maximum absolute atomic E-state index is 11.6. The fourth-order valence-corrected chi connectivity index (χ4v) is 5.60. The summed E-state index contributed by atoms with van der Waals surface area (Å²) in [6, 6.07) is -0.142. The molecule has 23 heavy (non-hydrogen) atoms. The molecule has 2 saturated heterocycles. The van der Waals surface area contributed by atoms with Gasteiger partial charge in [0.1, 0.15) is 14.0 Å². The molecule has 2 heterocycles. The van der Waals surface area contributed by atoms with E-state index in [1.54, 1.807) is 0 Å². The van der Waals surface area contributed by atoms with Gasteiger partial charge in [-0.3, -0.25) is 4.52 Å². The molecule has 0 amide bonds. The van der Waals surface area contributed by atoms with Crippen LogP contribution in [-0.4, -0.2) is 58.8 Å². The molecule has 4 N–H and O–H groups in total. The zero-order chi connectivity index (χ0) is 17.5. The van der Waals surface area contributed by atoms with Crippen molar-refractivity contribution in [1.29, 1.82) is 0 Å². The van der Waals surface area contributed by atoms with E-state index in [2.05, 4.69) is 13.1 Å². The Morgan fingerprint density at radius 1 is 1.09 bits per heavy atom. The van der Waals surface area contributed by atoms with Crippen molar-refractivity contribution in [3.63, 3.8) is 0 Å². The summed E-state index contributed by atoms with van der Waals surface area (Å²) in [5, 5.41) is 0. The second-order valence-electron chi connectivity index (χ2n) is 5.05. The van der Waals surface area contributed by atoms with Gasteiger partial charge in [-0.15, -0.1) is 0 Å². The zero-order valence-corrected chi connectivity index (χ0v) is 14.5. The summed E-state index contributed by atoms with van der Waals surface area (Å²) in [6.45, 7) is 0.0456. The predicted molar refractivity (Wildman–Crippen MR) is 74.9 cm³/mol. The van der Waals surface area contributed by atoms with Gasteiger partial charge >= 0.3 is 23.5 Å². The highest BCUT2D eigenvalue weighted by Gasteiger charge is 2.47. The lowest BCUT2D eigenvalue weighted by atomic mass is 9.84. The van der Waals surface area contributed by atoms with E-state index in [4.69, 9.17) is 24.2 Å². The van der Waals surface area contributed by atoms with Crippen LogP contribution in [0.1, 0.15) is 6.42 Å². The van der Waals surface area contributed by atoms with Crippen molar-refractivity contribution < 1.29 is 55.9 Å². The molecule has 0 spiro atoms. The normalized spacial score (nSPS) is 36.3. The third-order valence-electron chi connectivity index (χ3n) is 3.36. The summed E-state index contributed by atoms with van der Waals surface area (Å²) in [5.74, 6) is 0.115. The average Bonchev–Trinajstić information content (AvgIpc) is 2.86. The van der Waals surface area contributed by atoms with Crippen molar-refractivity contribution in [2.45, 2.75) is 24.6 Å². The second-order valence-corrected chi connectivity index (χ2v) is 9.47. The van der Waals surface area contributed by atoms with E-state index >= 15 is 0 Å². The molecule has 0 aromatic rings. The maximum atomic E-state index is 11.6. The molecule has 2 aliphatic heterocycles. The Bertz CT molecular complexity index is 577. The van der Waals surface area contributed by atoms with Gasteiger partial charge in [0.2, 0.25) is 0 Å². The van der Waals surface area contributed by atoms with Crippen molar-refractivity contribution in [2.24, 2.45) is 5.92 Å². The van der Waals surface area contributed by atoms with Crippen molar-refractivity contribution in [3.05, 3.63) is 0 Å². The van der Waals surface area contributed by atoms with Gasteiger partial charge < -0.3 is 29.0 Å². The molecule has 0 aromatic heterocycles. The first-order valence-electron chi connectivity index (χ1n) is 6.44. The highest BCUT2D eigenvalue weighted by Crippen LogP contribution is 2.66. The number of hydrogen-bond donors (Lipinski definition) is 4. The summed E-state index contributed by atoms with van der Waals surface area (Å²) in [5.41, 5.74) is 0. The van der Waals surface area contributed by atoms with Gasteiger partial charge in [-0.05, 0) is 6.42 Å². The molecule has 12 nitrogen and oxygen atoms in total. The van der Waals surface area contributed by atoms with Crippen LogP contribution in [0, 0.1) is 5.92 Å². The molecule has 2 fully saturated rings. The standard InChI is InChI=1S/C7H16BO12P3/c8-7-4-1-2-16-6(4)5(18-7)3-17-22(12,13)20-23(14,15)19-21(9,10)11/h4-7H,1-3,8H2,(H,12,13)(H,14,15)(H2,9,10,11).